The van der Waals surface area contributed by atoms with Gasteiger partial charge in [0, 0.05) is 6.04 Å². The van der Waals surface area contributed by atoms with E-state index < -0.39 is 0 Å². The van der Waals surface area contributed by atoms with Crippen molar-refractivity contribution >= 4 is 0 Å². The largest absolute Gasteiger partial charge is 0.271 e. The first kappa shape index (κ1) is 14.2. The van der Waals surface area contributed by atoms with Crippen LogP contribution in [0.4, 0.5) is 4.39 Å². The molecular weight excluding hydrogens is 263 g/mol. The number of hydrazine groups is 1. The maximum absolute atomic E-state index is 13.2. The van der Waals surface area contributed by atoms with Crippen molar-refractivity contribution in [3.63, 3.8) is 0 Å². The summed E-state index contributed by atoms with van der Waals surface area (Å²) in [5.41, 5.74) is 8.10. The summed E-state index contributed by atoms with van der Waals surface area (Å²) >= 11 is 0. The average Bonchev–Trinajstić information content (AvgIpc) is 2.94. The second-order valence-corrected chi connectivity index (χ2v) is 5.86. The summed E-state index contributed by atoms with van der Waals surface area (Å²) in [5.74, 6) is 5.48. The van der Waals surface area contributed by atoms with Crippen LogP contribution in [-0.2, 0) is 25.7 Å². The molecule has 0 saturated heterocycles. The minimum Gasteiger partial charge on any atom is -0.271 e. The first-order valence-electron chi connectivity index (χ1n) is 7.56. The normalized spacial score (nSPS) is 15.0. The highest BCUT2D eigenvalue weighted by Gasteiger charge is 2.14. The Morgan fingerprint density at radius 3 is 2.52 bits per heavy atom. The molecule has 0 fully saturated rings. The molecule has 110 valence electrons. The summed E-state index contributed by atoms with van der Waals surface area (Å²) < 4.78 is 13.2. The summed E-state index contributed by atoms with van der Waals surface area (Å²) in [7, 11) is 0. The van der Waals surface area contributed by atoms with Crippen LogP contribution in [-0.4, -0.2) is 6.04 Å². The lowest BCUT2D eigenvalue weighted by Crippen LogP contribution is -2.38. The van der Waals surface area contributed by atoms with E-state index >= 15 is 0 Å². The van der Waals surface area contributed by atoms with E-state index in [1.807, 2.05) is 6.07 Å². The van der Waals surface area contributed by atoms with Crippen LogP contribution >= 0.6 is 0 Å². The summed E-state index contributed by atoms with van der Waals surface area (Å²) in [5, 5.41) is 0. The third kappa shape index (κ3) is 3.49. The van der Waals surface area contributed by atoms with Gasteiger partial charge < -0.3 is 0 Å². The Hall–Kier alpha value is -1.71. The van der Waals surface area contributed by atoms with Crippen LogP contribution in [0.5, 0.6) is 0 Å². The predicted octanol–water partition coefficient (Wildman–Crippen LogP) is 2.93. The fourth-order valence-electron chi connectivity index (χ4n) is 3.18. The van der Waals surface area contributed by atoms with Crippen LogP contribution in [0.15, 0.2) is 42.5 Å². The van der Waals surface area contributed by atoms with Crippen molar-refractivity contribution < 1.29 is 4.39 Å². The van der Waals surface area contributed by atoms with E-state index in [1.165, 1.54) is 42.0 Å². The molecule has 0 aliphatic heterocycles. The highest BCUT2D eigenvalue weighted by molar-refractivity contribution is 5.35. The van der Waals surface area contributed by atoms with E-state index in [-0.39, 0.29) is 11.9 Å². The molecule has 0 radical (unpaired) electrons. The molecule has 1 atom stereocenters. The molecule has 0 heterocycles. The molecule has 1 aliphatic carbocycles. The van der Waals surface area contributed by atoms with Crippen molar-refractivity contribution in [2.75, 3.05) is 0 Å². The molecule has 3 heteroatoms. The van der Waals surface area contributed by atoms with Gasteiger partial charge in [-0.25, -0.2) is 4.39 Å². The zero-order valence-corrected chi connectivity index (χ0v) is 12.1. The number of fused-ring (bicyclic) bond motifs is 1. The van der Waals surface area contributed by atoms with Crippen LogP contribution in [0.25, 0.3) is 0 Å². The van der Waals surface area contributed by atoms with Crippen molar-refractivity contribution in [2.45, 2.75) is 38.1 Å². The number of halogens is 1. The monoisotopic (exact) mass is 284 g/mol. The van der Waals surface area contributed by atoms with Gasteiger partial charge in [-0.1, -0.05) is 30.3 Å². The molecule has 0 bridgehead atoms. The zero-order chi connectivity index (χ0) is 14.7. The standard InChI is InChI=1S/C18H21FN2/c19-17-6-1-3-13(10-17)11-18(21-20)12-14-7-8-15-4-2-5-16(15)9-14/h1,3,6-10,18,21H,2,4-5,11-12,20H2. The highest BCUT2D eigenvalue weighted by atomic mass is 19.1. The summed E-state index contributed by atoms with van der Waals surface area (Å²) in [6.45, 7) is 0. The van der Waals surface area contributed by atoms with E-state index in [2.05, 4.69) is 23.6 Å². The zero-order valence-electron chi connectivity index (χ0n) is 12.1. The molecule has 2 nitrogen and oxygen atoms in total. The first-order valence-corrected chi connectivity index (χ1v) is 7.56. The van der Waals surface area contributed by atoms with Crippen LogP contribution < -0.4 is 11.3 Å². The van der Waals surface area contributed by atoms with E-state index in [4.69, 9.17) is 5.84 Å². The fraction of sp³-hybridized carbons (Fsp3) is 0.333. The number of benzene rings is 2. The number of hydrogen-bond acceptors (Lipinski definition) is 2. The second kappa shape index (κ2) is 6.37. The molecule has 0 aromatic heterocycles. The summed E-state index contributed by atoms with van der Waals surface area (Å²) in [6, 6.07) is 13.6. The molecule has 0 amide bonds. The number of nitrogens with two attached hydrogens (primary N) is 1. The quantitative estimate of drug-likeness (QED) is 0.654. The van der Waals surface area contributed by atoms with Crippen molar-refractivity contribution in [1.82, 2.24) is 5.43 Å². The third-order valence-electron chi connectivity index (χ3n) is 4.25. The summed E-state index contributed by atoms with van der Waals surface area (Å²) in [4.78, 5) is 0. The van der Waals surface area contributed by atoms with Gasteiger partial charge in [-0.3, -0.25) is 11.3 Å². The molecule has 3 rings (SSSR count). The molecule has 0 spiro atoms. The number of hydrogen-bond donors (Lipinski definition) is 2. The molecule has 1 aliphatic rings. The Balaban J connectivity index is 1.69. The van der Waals surface area contributed by atoms with Gasteiger partial charge in [-0.2, -0.15) is 0 Å². The topological polar surface area (TPSA) is 38.0 Å². The Labute approximate surface area is 125 Å². The predicted molar refractivity (Wildman–Crippen MR) is 83.4 cm³/mol. The first-order chi connectivity index (χ1) is 10.2. The number of rotatable bonds is 5. The fourth-order valence-corrected chi connectivity index (χ4v) is 3.18. The number of aryl methyl sites for hydroxylation is 2. The van der Waals surface area contributed by atoms with E-state index in [9.17, 15) is 4.39 Å². The van der Waals surface area contributed by atoms with Gasteiger partial charge in [0.2, 0.25) is 0 Å². The van der Waals surface area contributed by atoms with Gasteiger partial charge in [-0.15, -0.1) is 0 Å². The minimum absolute atomic E-state index is 0.117. The maximum atomic E-state index is 13.2. The Kier molecular flexibility index (Phi) is 4.32. The lowest BCUT2D eigenvalue weighted by molar-refractivity contribution is 0.520. The lowest BCUT2D eigenvalue weighted by atomic mass is 9.97. The van der Waals surface area contributed by atoms with Crippen molar-refractivity contribution in [2.24, 2.45) is 5.84 Å². The van der Waals surface area contributed by atoms with Gasteiger partial charge in [0.05, 0.1) is 0 Å². The molecule has 1 unspecified atom stereocenters. The Bertz CT molecular complexity index is 624. The van der Waals surface area contributed by atoms with Gasteiger partial charge in [-0.05, 0) is 66.5 Å². The molecule has 21 heavy (non-hydrogen) atoms. The van der Waals surface area contributed by atoms with E-state index in [0.717, 1.165) is 18.4 Å². The average molecular weight is 284 g/mol. The van der Waals surface area contributed by atoms with E-state index in [1.54, 1.807) is 12.1 Å². The SMILES string of the molecule is NNC(Cc1cccc(F)c1)Cc1ccc2c(c1)CCC2. The minimum atomic E-state index is -0.194. The third-order valence-corrected chi connectivity index (χ3v) is 4.25. The van der Waals surface area contributed by atoms with Crippen LogP contribution in [0, 0.1) is 5.82 Å². The van der Waals surface area contributed by atoms with Crippen molar-refractivity contribution in [3.8, 4) is 0 Å². The number of nitrogens with one attached hydrogen (secondary N) is 1. The smallest absolute Gasteiger partial charge is 0.123 e. The van der Waals surface area contributed by atoms with Gasteiger partial charge in [0.25, 0.3) is 0 Å². The second-order valence-electron chi connectivity index (χ2n) is 5.86. The maximum Gasteiger partial charge on any atom is 0.123 e. The van der Waals surface area contributed by atoms with Gasteiger partial charge in [0.15, 0.2) is 0 Å². The Morgan fingerprint density at radius 2 is 1.76 bits per heavy atom. The molecule has 0 saturated carbocycles. The van der Waals surface area contributed by atoms with Gasteiger partial charge >= 0.3 is 0 Å². The molecular formula is C18H21FN2. The molecule has 2 aromatic carbocycles. The summed E-state index contributed by atoms with van der Waals surface area (Å²) in [6.07, 6.45) is 5.25. The lowest BCUT2D eigenvalue weighted by Gasteiger charge is -2.17. The van der Waals surface area contributed by atoms with Gasteiger partial charge in [0.1, 0.15) is 5.82 Å². The van der Waals surface area contributed by atoms with Crippen molar-refractivity contribution in [3.05, 3.63) is 70.5 Å². The Morgan fingerprint density at radius 1 is 1.00 bits per heavy atom. The van der Waals surface area contributed by atoms with Crippen molar-refractivity contribution in [1.29, 1.82) is 0 Å². The highest BCUT2D eigenvalue weighted by Crippen LogP contribution is 2.23. The van der Waals surface area contributed by atoms with Crippen LogP contribution in [0.3, 0.4) is 0 Å². The van der Waals surface area contributed by atoms with Crippen LogP contribution in [0.1, 0.15) is 28.7 Å². The van der Waals surface area contributed by atoms with Crippen LogP contribution in [0.2, 0.25) is 0 Å². The molecule has 3 N–H and O–H groups in total. The van der Waals surface area contributed by atoms with E-state index in [0.29, 0.717) is 0 Å². The molecule has 2 aromatic rings.